The van der Waals surface area contributed by atoms with Crippen molar-refractivity contribution in [3.63, 3.8) is 0 Å². The summed E-state index contributed by atoms with van der Waals surface area (Å²) in [6.45, 7) is 19.4. The van der Waals surface area contributed by atoms with Gasteiger partial charge in [0, 0.05) is 35.6 Å². The summed E-state index contributed by atoms with van der Waals surface area (Å²) in [5.41, 5.74) is 4.01. The molecule has 2 aromatic carbocycles. The van der Waals surface area contributed by atoms with E-state index in [4.69, 9.17) is 35.9 Å². The number of methoxy groups -OCH3 is 2. The van der Waals surface area contributed by atoms with Gasteiger partial charge >= 0.3 is 73.5 Å². The van der Waals surface area contributed by atoms with Crippen molar-refractivity contribution in [1.29, 1.82) is 5.26 Å². The number of benzene rings is 2. The number of halogens is 2. The van der Waals surface area contributed by atoms with Crippen LogP contribution in [-0.4, -0.2) is 95.6 Å². The van der Waals surface area contributed by atoms with E-state index in [1.807, 2.05) is 342 Å². The van der Waals surface area contributed by atoms with Crippen LogP contribution in [0.4, 0.5) is 46.3 Å². The molecular weight excluding hydrogens is 1540 g/mol. The second kappa shape index (κ2) is 48.4. The van der Waals surface area contributed by atoms with E-state index in [0.29, 0.717) is 0 Å². The summed E-state index contributed by atoms with van der Waals surface area (Å²) in [6.07, 6.45) is 41.9. The Morgan fingerprint density at radius 1 is 0.439 bits per heavy atom. The first-order valence-electron chi connectivity index (χ1n) is 28.9. The molecule has 23 nitrogen and oxygen atoms in total. The summed E-state index contributed by atoms with van der Waals surface area (Å²) in [5, 5.41) is 37.9. The standard InChI is InChI=1S/C24H21N5O.C14H17N5O.C13H15N5.C10H8N2.3C2H4N.C2H2N.CH3.2ClH.3Ru/c1-30-22-16-23(28-14-12-26(18-28)20-8-4-2-5-9-20)25-24(17-22)29-15-13-27(19-29)21-10-6-3-7-11-21;1-16-4-6-18(10-16)13-8-12(20-3)9-14(15-13)19-7-5-17(2)11-19;1-15-6-8-17(10-15)12-4-3-5-13(14-12)18-9-7-16(2)11-18;1-3-7-11-9(5-1)10-6-2-4-8-12-10;4*1-2-3;;;;;;/h2-19H,1H3;4-11H,1-3H3;3-11H,1-2H3;1-8H;3*2H,1H3;1H2;1H3;2*1H;;;/q4*-2;5*-1;;;2*+1;+5/p-2. The molecular formula is C70H78Cl2N21O2Ru3-8. The number of nitrogens with zero attached hydrogens (tertiary/aromatic N) is 21. The maximum absolute atomic E-state index is 7.44. The summed E-state index contributed by atoms with van der Waals surface area (Å²) in [5.74, 6) is 6.52. The number of anilines is 8. The van der Waals surface area contributed by atoms with Crippen molar-refractivity contribution < 1.29 is 63.6 Å². The van der Waals surface area contributed by atoms with Gasteiger partial charge in [-0.25, -0.2) is 38.9 Å². The molecule has 8 aliphatic heterocycles. The van der Waals surface area contributed by atoms with E-state index in [2.05, 4.69) is 81.0 Å². The Morgan fingerprint density at radius 2 is 0.694 bits per heavy atom. The summed E-state index contributed by atoms with van der Waals surface area (Å²) in [7, 11) is 20.4. The molecule has 0 bridgehead atoms. The first-order valence-corrected chi connectivity index (χ1v) is 33.3. The van der Waals surface area contributed by atoms with Crippen LogP contribution in [-0.2, 0) is 54.1 Å². The van der Waals surface area contributed by atoms with Crippen molar-refractivity contribution in [2.24, 2.45) is 0 Å². The maximum Gasteiger partial charge on any atom is 5.00 e. The molecule has 28 heteroatoms. The first kappa shape index (κ1) is 84.7. The van der Waals surface area contributed by atoms with Crippen molar-refractivity contribution in [2.45, 2.75) is 20.8 Å². The van der Waals surface area contributed by atoms with Crippen molar-refractivity contribution in [3.8, 4) is 17.6 Å². The summed E-state index contributed by atoms with van der Waals surface area (Å²) >= 11 is 3.64. The molecule has 521 valence electrons. The number of nitriles is 1. The van der Waals surface area contributed by atoms with Gasteiger partial charge in [-0.3, -0.25) is 0 Å². The monoisotopic (exact) mass is 1620 g/mol. The minimum Gasteiger partial charge on any atom is 5.00 e. The van der Waals surface area contributed by atoms with E-state index < -0.39 is 0 Å². The zero-order valence-corrected chi connectivity index (χ0v) is 62.5. The molecule has 8 aliphatic rings. The summed E-state index contributed by atoms with van der Waals surface area (Å²) in [6, 6.07) is 35.5. The molecule has 98 heavy (non-hydrogen) atoms. The number of allylic oxidation sites excluding steroid dienone is 6. The van der Waals surface area contributed by atoms with Gasteiger partial charge in [-0.15, -0.1) is 46.1 Å². The predicted molar refractivity (Wildman–Crippen MR) is 395 cm³/mol. The molecule has 0 amide bonds. The second-order valence-electron chi connectivity index (χ2n) is 19.2. The van der Waals surface area contributed by atoms with Crippen LogP contribution >= 0.6 is 19.4 Å². The molecule has 0 aliphatic carbocycles. The third kappa shape index (κ3) is 28.0. The molecule has 11 heterocycles. The Bertz CT molecular complexity index is 3350. The van der Waals surface area contributed by atoms with Gasteiger partial charge in [0.2, 0.25) is 0 Å². The maximum atomic E-state index is 7.44. The van der Waals surface area contributed by atoms with E-state index in [1.54, 1.807) is 47.4 Å². The van der Waals surface area contributed by atoms with E-state index in [9.17, 15) is 0 Å². The molecule has 13 rings (SSSR count). The SMILES string of the molecule is C1=C[N-]C(=C2C=CC=C[N-]2)C=C1.CC=[N-].CC=[N-].CC=[N-].CN1C=CN(c2cccc(N3C=CN(C)[CH-]3)n2)[CH-]1.COc1cc(N2C=CN(C)[CH-]2)nc(N2C=CN(C)[CH-]2)c1.COc1cc(N2C=CN(c3ccccc3)[CH-]2)nc(N2C=CN(c3ccccc3)[CH-]2)c1.[CH2-]C#N.[CH3-].[Cl][Ru].[Cl][Ru].[Ru+5]. The van der Waals surface area contributed by atoms with E-state index >= 15 is 0 Å². The topological polar surface area (TPSA) is 215 Å². The van der Waals surface area contributed by atoms with Crippen LogP contribution in [0, 0.1) is 65.7 Å². The number of pyridine rings is 3. The first-order chi connectivity index (χ1) is 46.8. The second-order valence-corrected chi connectivity index (χ2v) is 19.2. The van der Waals surface area contributed by atoms with E-state index in [-0.39, 0.29) is 26.9 Å². The Labute approximate surface area is 622 Å². The van der Waals surface area contributed by atoms with Crippen LogP contribution in [0.15, 0.2) is 238 Å². The van der Waals surface area contributed by atoms with Crippen LogP contribution in [0.3, 0.4) is 0 Å². The quantitative estimate of drug-likeness (QED) is 0.0722. The number of aromatic nitrogens is 3. The van der Waals surface area contributed by atoms with Gasteiger partial charge in [0.05, 0.1) is 14.2 Å². The fourth-order valence-electron chi connectivity index (χ4n) is 8.28. The largest absolute Gasteiger partial charge is 5.00 e. The number of hydrogen-bond donors (Lipinski definition) is 0. The Balaban J connectivity index is 0.000000425. The molecule has 1 radical (unpaired) electrons. The van der Waals surface area contributed by atoms with Crippen molar-refractivity contribution >= 4 is 84.3 Å². The predicted octanol–water partition coefficient (Wildman–Crippen LogP) is 15.7. The van der Waals surface area contributed by atoms with E-state index in [0.717, 1.165) is 87.8 Å². The molecule has 0 atom stereocenters. The number of rotatable bonds is 10. The zero-order chi connectivity index (χ0) is 70.0. The third-order valence-corrected chi connectivity index (χ3v) is 12.4. The number of hydrogen-bond acceptors (Lipinski definition) is 18. The minimum atomic E-state index is 0. The zero-order valence-electron chi connectivity index (χ0n) is 55.8. The normalized spacial score (nSPS) is 15.3. The molecule has 0 fully saturated rings. The number of ether oxygens (including phenoxy) is 2. The van der Waals surface area contributed by atoms with Gasteiger partial charge in [0.1, 0.15) is 46.4 Å². The summed E-state index contributed by atoms with van der Waals surface area (Å²) in [4.78, 5) is 38.0. The van der Waals surface area contributed by atoms with Crippen LogP contribution in [0.25, 0.3) is 26.9 Å². The smallest absolute Gasteiger partial charge is 5.00 e. The molecule has 3 aromatic heterocycles. The molecule has 0 spiro atoms. The van der Waals surface area contributed by atoms with Crippen LogP contribution < -0.4 is 48.7 Å². The van der Waals surface area contributed by atoms with Crippen molar-refractivity contribution in [2.75, 3.05) is 81.6 Å². The molecule has 0 saturated heterocycles. The fraction of sp³-hybridized carbons (Fsp3) is 0.129. The average Bonchev–Trinajstić information content (AvgIpc) is 1.62. The Kier molecular flexibility index (Phi) is 41.8. The molecule has 0 N–H and O–H groups in total. The van der Waals surface area contributed by atoms with Crippen LogP contribution in [0.1, 0.15) is 20.8 Å². The van der Waals surface area contributed by atoms with Gasteiger partial charge in [0.25, 0.3) is 0 Å². The summed E-state index contributed by atoms with van der Waals surface area (Å²) < 4.78 is 10.9. The Morgan fingerprint density at radius 3 is 0.949 bits per heavy atom. The average molecular weight is 1620 g/mol. The minimum absolute atomic E-state index is 0. The van der Waals surface area contributed by atoms with Gasteiger partial charge < -0.3 is 109 Å². The Hall–Kier alpha value is -9.35. The number of para-hydroxylation sites is 2. The molecule has 0 unspecified atom stereocenters. The van der Waals surface area contributed by atoms with Crippen LogP contribution in [0.5, 0.6) is 11.5 Å². The van der Waals surface area contributed by atoms with Crippen LogP contribution in [0.2, 0.25) is 0 Å². The van der Waals surface area contributed by atoms with Gasteiger partial charge in [0.15, 0.2) is 0 Å². The van der Waals surface area contributed by atoms with Crippen molar-refractivity contribution in [3.05, 3.63) is 319 Å². The van der Waals surface area contributed by atoms with Gasteiger partial charge in [-0.2, -0.15) is 23.8 Å². The van der Waals surface area contributed by atoms with Crippen molar-refractivity contribution in [1.82, 2.24) is 34.6 Å². The molecule has 5 aromatic rings. The van der Waals surface area contributed by atoms with Gasteiger partial charge in [-0.1, -0.05) is 99.7 Å². The van der Waals surface area contributed by atoms with E-state index in [1.165, 1.54) is 6.07 Å². The fourth-order valence-corrected chi connectivity index (χ4v) is 8.28. The molecule has 0 saturated carbocycles. The van der Waals surface area contributed by atoms with Gasteiger partial charge in [-0.05, 0) is 139 Å². The third-order valence-electron chi connectivity index (χ3n) is 12.4.